The number of amides is 2. The highest BCUT2D eigenvalue weighted by molar-refractivity contribution is 9.10. The van der Waals surface area contributed by atoms with Crippen molar-refractivity contribution in [2.24, 2.45) is 17.8 Å². The van der Waals surface area contributed by atoms with Crippen molar-refractivity contribution in [3.8, 4) is 17.0 Å². The summed E-state index contributed by atoms with van der Waals surface area (Å²) >= 11 is 3.51. The molecule has 2 amide bonds. The fraction of sp³-hybridized carbons (Fsp3) is 0.250. The number of rotatable bonds is 7. The van der Waals surface area contributed by atoms with Gasteiger partial charge in [-0.3, -0.25) is 19.3 Å². The maximum absolute atomic E-state index is 13.6. The Bertz CT molecular complexity index is 1880. The van der Waals surface area contributed by atoms with Crippen molar-refractivity contribution in [2.45, 2.75) is 33.3 Å². The molecule has 1 aliphatic heterocycles. The second-order valence-corrected chi connectivity index (χ2v) is 12.4. The molecule has 0 spiro atoms. The van der Waals surface area contributed by atoms with Crippen LogP contribution in [-0.4, -0.2) is 41.8 Å². The molecule has 0 radical (unpaired) electrons. The zero-order valence-corrected chi connectivity index (χ0v) is 26.8. The van der Waals surface area contributed by atoms with Gasteiger partial charge in [0.1, 0.15) is 5.75 Å². The summed E-state index contributed by atoms with van der Waals surface area (Å²) in [5, 5.41) is 0.579. The molecule has 0 N–H and O–H groups in total. The van der Waals surface area contributed by atoms with Crippen LogP contribution in [0, 0.1) is 24.7 Å². The number of halogens is 1. The number of benzene rings is 3. The van der Waals surface area contributed by atoms with Crippen LogP contribution in [-0.2, 0) is 14.3 Å². The van der Waals surface area contributed by atoms with E-state index >= 15 is 0 Å². The molecule has 9 heteroatoms. The number of carbonyl (C=O) groups excluding carboxylic acids is 4. The van der Waals surface area contributed by atoms with Crippen LogP contribution in [0.25, 0.3) is 22.2 Å². The molecule has 2 aliphatic rings. The first-order valence-corrected chi connectivity index (χ1v) is 15.5. The van der Waals surface area contributed by atoms with Gasteiger partial charge in [-0.25, -0.2) is 9.78 Å². The number of hydrogen-bond acceptors (Lipinski definition) is 7. The number of imide groups is 1. The molecule has 0 bridgehead atoms. The number of anilines is 1. The standard InChI is InChI=1S/C36H31BrN2O6/c1-19-6-5-7-27-31(19)35(42)39(34(27)41)25-12-8-22(9-13-25)30-18-29(28-17-24(37)16-20(2)32(28)38-30)36(43)45-21(3)33(40)23-10-14-26(44-4)15-11-23/h5-6,8-19,21,27,31H,7H2,1-4H3. The largest absolute Gasteiger partial charge is 0.497 e. The van der Waals surface area contributed by atoms with Gasteiger partial charge < -0.3 is 9.47 Å². The highest BCUT2D eigenvalue weighted by atomic mass is 79.9. The average molecular weight is 668 g/mol. The molecule has 1 saturated heterocycles. The third-order valence-corrected chi connectivity index (χ3v) is 9.07. The minimum absolute atomic E-state index is 0.00180. The van der Waals surface area contributed by atoms with Crippen LogP contribution < -0.4 is 9.64 Å². The molecular weight excluding hydrogens is 636 g/mol. The van der Waals surface area contributed by atoms with E-state index in [2.05, 4.69) is 15.9 Å². The topological polar surface area (TPSA) is 103 Å². The van der Waals surface area contributed by atoms with Gasteiger partial charge in [0.15, 0.2) is 6.10 Å². The minimum atomic E-state index is -1.04. The first-order valence-electron chi connectivity index (χ1n) is 14.7. The van der Waals surface area contributed by atoms with Gasteiger partial charge in [-0.1, -0.05) is 47.1 Å². The van der Waals surface area contributed by atoms with Crippen molar-refractivity contribution in [3.63, 3.8) is 0 Å². The summed E-state index contributed by atoms with van der Waals surface area (Å²) in [5.41, 5.74) is 3.80. The van der Waals surface area contributed by atoms with E-state index in [1.807, 2.05) is 32.1 Å². The van der Waals surface area contributed by atoms with Crippen molar-refractivity contribution in [1.29, 1.82) is 0 Å². The zero-order valence-electron chi connectivity index (χ0n) is 25.2. The van der Waals surface area contributed by atoms with Crippen LogP contribution in [0.4, 0.5) is 5.69 Å². The summed E-state index contributed by atoms with van der Waals surface area (Å²) in [6.45, 7) is 5.41. The molecule has 2 heterocycles. The Morgan fingerprint density at radius 2 is 1.71 bits per heavy atom. The maximum atomic E-state index is 13.6. The van der Waals surface area contributed by atoms with Crippen molar-refractivity contribution in [2.75, 3.05) is 12.0 Å². The molecule has 1 fully saturated rings. The maximum Gasteiger partial charge on any atom is 0.339 e. The monoisotopic (exact) mass is 666 g/mol. The molecule has 8 nitrogen and oxygen atoms in total. The number of ketones is 1. The number of allylic oxidation sites excluding steroid dienone is 2. The summed E-state index contributed by atoms with van der Waals surface area (Å²) < 4.78 is 11.6. The molecule has 4 aromatic rings. The van der Waals surface area contributed by atoms with E-state index in [9.17, 15) is 19.2 Å². The van der Waals surface area contributed by atoms with Crippen molar-refractivity contribution in [1.82, 2.24) is 4.98 Å². The lowest BCUT2D eigenvalue weighted by Crippen LogP contribution is -2.31. The summed E-state index contributed by atoms with van der Waals surface area (Å²) in [7, 11) is 1.54. The lowest BCUT2D eigenvalue weighted by atomic mass is 9.78. The normalized spacial score (nSPS) is 19.8. The Morgan fingerprint density at radius 1 is 1.00 bits per heavy atom. The third-order valence-electron chi connectivity index (χ3n) is 8.61. The Kier molecular flexibility index (Phi) is 8.14. The lowest BCUT2D eigenvalue weighted by molar-refractivity contribution is -0.122. The molecule has 0 saturated carbocycles. The number of ether oxygens (including phenoxy) is 2. The van der Waals surface area contributed by atoms with Gasteiger partial charge in [-0.05, 0) is 86.3 Å². The first kappa shape index (κ1) is 30.4. The van der Waals surface area contributed by atoms with E-state index in [0.717, 1.165) is 10.0 Å². The quantitative estimate of drug-likeness (QED) is 0.0896. The molecule has 1 aromatic heterocycles. The number of Topliss-reactive ketones (excluding diaryl/α,β-unsaturated/α-hetero) is 1. The van der Waals surface area contributed by atoms with Crippen LogP contribution >= 0.6 is 15.9 Å². The summed E-state index contributed by atoms with van der Waals surface area (Å²) in [6.07, 6.45) is 3.51. The SMILES string of the molecule is COc1ccc(C(=O)C(C)OC(=O)c2cc(-c3ccc(N4C(=O)C5CC=CC(C)C5C4=O)cc3)nc3c(C)cc(Br)cc23)cc1. The molecule has 4 unspecified atom stereocenters. The molecular formula is C36H31BrN2O6. The zero-order chi connectivity index (χ0) is 32.0. The molecule has 3 aromatic carbocycles. The predicted molar refractivity (Wildman–Crippen MR) is 174 cm³/mol. The molecule has 4 atom stereocenters. The number of fused-ring (bicyclic) bond motifs is 2. The number of nitrogens with zero attached hydrogens (tertiary/aromatic N) is 2. The smallest absolute Gasteiger partial charge is 0.339 e. The summed E-state index contributed by atoms with van der Waals surface area (Å²) in [6, 6.07) is 19.0. The van der Waals surface area contributed by atoms with Crippen LogP contribution in [0.1, 0.15) is 46.5 Å². The number of pyridine rings is 1. The highest BCUT2D eigenvalue weighted by Crippen LogP contribution is 2.41. The van der Waals surface area contributed by atoms with E-state index in [1.54, 1.807) is 74.7 Å². The summed E-state index contributed by atoms with van der Waals surface area (Å²) in [4.78, 5) is 59.4. The number of methoxy groups -OCH3 is 1. The molecule has 6 rings (SSSR count). The average Bonchev–Trinajstić information content (AvgIpc) is 3.30. The second-order valence-electron chi connectivity index (χ2n) is 11.5. The van der Waals surface area contributed by atoms with Crippen molar-refractivity contribution in [3.05, 3.63) is 100 Å². The van der Waals surface area contributed by atoms with Crippen LogP contribution in [0.3, 0.4) is 0 Å². The van der Waals surface area contributed by atoms with Gasteiger partial charge in [0.05, 0.1) is 41.4 Å². The Balaban J connectivity index is 1.31. The van der Waals surface area contributed by atoms with E-state index in [1.165, 1.54) is 4.90 Å². The van der Waals surface area contributed by atoms with E-state index in [-0.39, 0.29) is 40.9 Å². The van der Waals surface area contributed by atoms with Crippen molar-refractivity contribution >= 4 is 56.1 Å². The Hall–Kier alpha value is -4.63. The second kappa shape index (κ2) is 12.0. The molecule has 45 heavy (non-hydrogen) atoms. The van der Waals surface area contributed by atoms with E-state index in [0.29, 0.717) is 45.6 Å². The number of aryl methyl sites for hydroxylation is 1. The van der Waals surface area contributed by atoms with E-state index in [4.69, 9.17) is 14.5 Å². The fourth-order valence-corrected chi connectivity index (χ4v) is 6.80. The number of esters is 1. The van der Waals surface area contributed by atoms with Gasteiger partial charge >= 0.3 is 5.97 Å². The van der Waals surface area contributed by atoms with Crippen LogP contribution in [0.2, 0.25) is 0 Å². The van der Waals surface area contributed by atoms with Crippen molar-refractivity contribution < 1.29 is 28.7 Å². The van der Waals surface area contributed by atoms with Gasteiger partial charge in [-0.15, -0.1) is 0 Å². The van der Waals surface area contributed by atoms with E-state index < -0.39 is 12.1 Å². The van der Waals surface area contributed by atoms with Crippen LogP contribution in [0.15, 0.2) is 83.4 Å². The number of aromatic nitrogens is 1. The highest BCUT2D eigenvalue weighted by Gasteiger charge is 2.50. The minimum Gasteiger partial charge on any atom is -0.497 e. The third kappa shape index (κ3) is 5.57. The van der Waals surface area contributed by atoms with Gasteiger partial charge in [0, 0.05) is 21.0 Å². The predicted octanol–water partition coefficient (Wildman–Crippen LogP) is 7.11. The van der Waals surface area contributed by atoms with Gasteiger partial charge in [-0.2, -0.15) is 0 Å². The van der Waals surface area contributed by atoms with Gasteiger partial charge in [0.2, 0.25) is 17.6 Å². The Morgan fingerprint density at radius 3 is 2.38 bits per heavy atom. The number of carbonyl (C=O) groups is 4. The Labute approximate surface area is 269 Å². The molecule has 228 valence electrons. The number of hydrogen-bond donors (Lipinski definition) is 0. The molecule has 1 aliphatic carbocycles. The first-order chi connectivity index (χ1) is 21.6. The van der Waals surface area contributed by atoms with Crippen LogP contribution in [0.5, 0.6) is 5.75 Å². The summed E-state index contributed by atoms with van der Waals surface area (Å²) in [5.74, 6) is -1.43. The van der Waals surface area contributed by atoms with Gasteiger partial charge in [0.25, 0.3) is 0 Å². The fourth-order valence-electron chi connectivity index (χ4n) is 6.22. The lowest BCUT2D eigenvalue weighted by Gasteiger charge is -2.22.